The number of fused-ring (bicyclic) bond motifs is 1. The lowest BCUT2D eigenvalue weighted by Crippen LogP contribution is -2.37. The zero-order chi connectivity index (χ0) is 30.0. The van der Waals surface area contributed by atoms with Crippen LogP contribution in [-0.2, 0) is 9.53 Å². The third-order valence-electron chi connectivity index (χ3n) is 7.92. The van der Waals surface area contributed by atoms with Gasteiger partial charge in [0.1, 0.15) is 17.3 Å². The Morgan fingerprint density at radius 2 is 1.52 bits per heavy atom. The first-order valence-electron chi connectivity index (χ1n) is 14.8. The van der Waals surface area contributed by atoms with Gasteiger partial charge in [-0.25, -0.2) is 14.8 Å². The first-order chi connectivity index (χ1) is 21.5. The summed E-state index contributed by atoms with van der Waals surface area (Å²) in [5, 5.41) is 6.70. The topological polar surface area (TPSA) is 113 Å². The molecule has 3 aromatic carbocycles. The first kappa shape index (κ1) is 27.6. The number of anilines is 4. The molecule has 10 nitrogen and oxygen atoms in total. The van der Waals surface area contributed by atoms with Gasteiger partial charge in [-0.15, -0.1) is 0 Å². The lowest BCUT2D eigenvalue weighted by Gasteiger charge is -2.29. The van der Waals surface area contributed by atoms with Gasteiger partial charge in [0.15, 0.2) is 5.82 Å². The Labute approximate surface area is 254 Å². The molecule has 0 bridgehead atoms. The number of hydrogen-bond acceptors (Lipinski definition) is 7. The lowest BCUT2D eigenvalue weighted by molar-refractivity contribution is -0.117. The number of carbonyl (C=O) groups excluding carboxylic acids is 2. The fraction of sp³-hybridized carbons (Fsp3) is 0.235. The van der Waals surface area contributed by atoms with E-state index in [9.17, 15) is 9.59 Å². The van der Waals surface area contributed by atoms with Crippen molar-refractivity contribution in [3.05, 3.63) is 84.6 Å². The SMILES string of the molecule is Cc1ccc(-c2ccc3c(N4CCOCC4)nc(-c4ccc(NC(=O)Nc5ccc(N6CCCC6=O)cc5)cc4)nc3c2)o1. The summed E-state index contributed by atoms with van der Waals surface area (Å²) in [6.07, 6.45) is 1.45. The van der Waals surface area contributed by atoms with Crippen LogP contribution in [0.4, 0.5) is 27.7 Å². The van der Waals surface area contributed by atoms with Crippen LogP contribution in [0.3, 0.4) is 0 Å². The van der Waals surface area contributed by atoms with Gasteiger partial charge in [-0.05, 0) is 86.1 Å². The number of amides is 3. The quantitative estimate of drug-likeness (QED) is 0.234. The van der Waals surface area contributed by atoms with E-state index in [1.165, 1.54) is 0 Å². The molecule has 44 heavy (non-hydrogen) atoms. The molecule has 2 N–H and O–H groups in total. The maximum atomic E-state index is 12.7. The standard InChI is InChI=1S/C34H32N6O4/c1-22-4-15-30(44-22)24-7-14-28-29(21-24)37-32(38-33(28)39-17-19-43-20-18-39)23-5-8-25(9-6-23)35-34(42)36-26-10-12-27(13-11-26)40-16-2-3-31(40)41/h4-15,21H,2-3,16-20H2,1H3,(H2,35,36,42). The van der Waals surface area contributed by atoms with Gasteiger partial charge in [0.2, 0.25) is 5.91 Å². The highest BCUT2D eigenvalue weighted by Gasteiger charge is 2.22. The van der Waals surface area contributed by atoms with E-state index in [2.05, 4.69) is 21.6 Å². The maximum absolute atomic E-state index is 12.7. The number of furan rings is 1. The Kier molecular flexibility index (Phi) is 7.41. The van der Waals surface area contributed by atoms with E-state index in [0.29, 0.717) is 36.8 Å². The summed E-state index contributed by atoms with van der Waals surface area (Å²) in [6.45, 7) is 5.46. The van der Waals surface area contributed by atoms with Crippen molar-refractivity contribution in [2.24, 2.45) is 0 Å². The molecule has 0 saturated carbocycles. The smallest absolute Gasteiger partial charge is 0.323 e. The third-order valence-corrected chi connectivity index (χ3v) is 7.92. The van der Waals surface area contributed by atoms with Crippen molar-refractivity contribution in [2.75, 3.05) is 53.3 Å². The van der Waals surface area contributed by atoms with Crippen molar-refractivity contribution in [1.29, 1.82) is 0 Å². The van der Waals surface area contributed by atoms with Gasteiger partial charge in [0, 0.05) is 59.6 Å². The van der Waals surface area contributed by atoms with E-state index in [4.69, 9.17) is 19.1 Å². The zero-order valence-electron chi connectivity index (χ0n) is 24.4. The number of morpholine rings is 1. The third kappa shape index (κ3) is 5.71. The number of urea groups is 1. The number of nitrogens with zero attached hydrogens (tertiary/aromatic N) is 4. The monoisotopic (exact) mass is 588 g/mol. The van der Waals surface area contributed by atoms with Gasteiger partial charge in [-0.1, -0.05) is 6.07 Å². The maximum Gasteiger partial charge on any atom is 0.323 e. The van der Waals surface area contributed by atoms with Crippen molar-refractivity contribution in [3.8, 4) is 22.7 Å². The summed E-state index contributed by atoms with van der Waals surface area (Å²) in [5.41, 5.74) is 4.72. The highest BCUT2D eigenvalue weighted by molar-refractivity contribution is 6.00. The van der Waals surface area contributed by atoms with Crippen molar-refractivity contribution >= 4 is 45.7 Å². The van der Waals surface area contributed by atoms with Gasteiger partial charge in [0.25, 0.3) is 0 Å². The van der Waals surface area contributed by atoms with Crippen LogP contribution in [0.5, 0.6) is 0 Å². The molecule has 222 valence electrons. The molecule has 2 aliphatic heterocycles. The predicted molar refractivity (Wildman–Crippen MR) is 171 cm³/mol. The molecule has 2 fully saturated rings. The van der Waals surface area contributed by atoms with Crippen LogP contribution in [0.1, 0.15) is 18.6 Å². The fourth-order valence-corrected chi connectivity index (χ4v) is 5.64. The molecule has 0 radical (unpaired) electrons. The van der Waals surface area contributed by atoms with E-state index < -0.39 is 0 Å². The molecule has 0 atom stereocenters. The average Bonchev–Trinajstić information content (AvgIpc) is 3.69. The number of ether oxygens (including phenoxy) is 1. The Bertz CT molecular complexity index is 1830. The van der Waals surface area contributed by atoms with E-state index in [1.807, 2.05) is 67.6 Å². The zero-order valence-corrected chi connectivity index (χ0v) is 24.4. The molecule has 4 heterocycles. The Hall–Kier alpha value is -5.22. The number of benzene rings is 3. The minimum absolute atomic E-state index is 0.131. The van der Waals surface area contributed by atoms with E-state index in [1.54, 1.807) is 17.0 Å². The van der Waals surface area contributed by atoms with Crippen LogP contribution in [-0.4, -0.2) is 54.8 Å². The van der Waals surface area contributed by atoms with Crippen molar-refractivity contribution < 1.29 is 18.7 Å². The van der Waals surface area contributed by atoms with Crippen LogP contribution in [0, 0.1) is 6.92 Å². The first-order valence-corrected chi connectivity index (χ1v) is 14.8. The number of rotatable bonds is 6. The Morgan fingerprint density at radius 3 is 2.18 bits per heavy atom. The van der Waals surface area contributed by atoms with Gasteiger partial charge in [-0.3, -0.25) is 4.79 Å². The number of aromatic nitrogens is 2. The highest BCUT2D eigenvalue weighted by Crippen LogP contribution is 2.32. The molecule has 7 rings (SSSR count). The van der Waals surface area contributed by atoms with Crippen molar-refractivity contribution in [1.82, 2.24) is 9.97 Å². The number of hydrogen-bond donors (Lipinski definition) is 2. The summed E-state index contributed by atoms with van der Waals surface area (Å²) in [5.74, 6) is 3.25. The Balaban J connectivity index is 1.10. The number of aryl methyl sites for hydroxylation is 1. The molecule has 0 unspecified atom stereocenters. The second-order valence-corrected chi connectivity index (χ2v) is 11.0. The van der Waals surface area contributed by atoms with E-state index in [0.717, 1.165) is 71.1 Å². The van der Waals surface area contributed by atoms with Crippen LogP contribution in [0.15, 0.2) is 83.3 Å². The summed E-state index contributed by atoms with van der Waals surface area (Å²) in [6, 6.07) is 24.5. The average molecular weight is 589 g/mol. The van der Waals surface area contributed by atoms with Crippen molar-refractivity contribution in [2.45, 2.75) is 19.8 Å². The molecule has 10 heteroatoms. The lowest BCUT2D eigenvalue weighted by atomic mass is 10.1. The van der Waals surface area contributed by atoms with Crippen LogP contribution in [0.2, 0.25) is 0 Å². The van der Waals surface area contributed by atoms with E-state index in [-0.39, 0.29) is 11.9 Å². The van der Waals surface area contributed by atoms with E-state index >= 15 is 0 Å². The molecule has 0 spiro atoms. The molecule has 2 aliphatic rings. The molecule has 5 aromatic rings. The summed E-state index contributed by atoms with van der Waals surface area (Å²) >= 11 is 0. The highest BCUT2D eigenvalue weighted by atomic mass is 16.5. The molecule has 0 aliphatic carbocycles. The molecule has 3 amide bonds. The van der Waals surface area contributed by atoms with Crippen molar-refractivity contribution in [3.63, 3.8) is 0 Å². The number of carbonyl (C=O) groups is 2. The number of nitrogens with one attached hydrogen (secondary N) is 2. The normalized spacial score (nSPS) is 15.2. The molecular formula is C34H32N6O4. The molecule has 2 aromatic heterocycles. The van der Waals surface area contributed by atoms with Gasteiger partial charge < -0.3 is 29.6 Å². The molecular weight excluding hydrogens is 556 g/mol. The molecule has 2 saturated heterocycles. The summed E-state index contributed by atoms with van der Waals surface area (Å²) in [7, 11) is 0. The summed E-state index contributed by atoms with van der Waals surface area (Å²) in [4.78, 5) is 38.7. The second-order valence-electron chi connectivity index (χ2n) is 11.0. The van der Waals surface area contributed by atoms with Gasteiger partial charge >= 0.3 is 6.03 Å². The van der Waals surface area contributed by atoms with Gasteiger partial charge in [-0.2, -0.15) is 0 Å². The largest absolute Gasteiger partial charge is 0.461 e. The fourth-order valence-electron chi connectivity index (χ4n) is 5.64. The van der Waals surface area contributed by atoms with Crippen LogP contribution < -0.4 is 20.4 Å². The van der Waals surface area contributed by atoms with Crippen LogP contribution in [0.25, 0.3) is 33.6 Å². The minimum Gasteiger partial charge on any atom is -0.461 e. The minimum atomic E-state index is -0.361. The predicted octanol–water partition coefficient (Wildman–Crippen LogP) is 6.47. The summed E-state index contributed by atoms with van der Waals surface area (Å²) < 4.78 is 11.5. The van der Waals surface area contributed by atoms with Gasteiger partial charge in [0.05, 0.1) is 18.7 Å². The Morgan fingerprint density at radius 1 is 0.818 bits per heavy atom. The second kappa shape index (κ2) is 11.8. The van der Waals surface area contributed by atoms with Crippen LogP contribution >= 0.6 is 0 Å².